The summed E-state index contributed by atoms with van der Waals surface area (Å²) in [4.78, 5) is 2.48. The van der Waals surface area contributed by atoms with Gasteiger partial charge in [0.05, 0.1) is 16.7 Å². The zero-order valence-corrected chi connectivity index (χ0v) is 33.0. The van der Waals surface area contributed by atoms with Gasteiger partial charge in [0.1, 0.15) is 0 Å². The maximum absolute atomic E-state index is 2.48. The van der Waals surface area contributed by atoms with Crippen molar-refractivity contribution in [2.24, 2.45) is 0 Å². The summed E-state index contributed by atoms with van der Waals surface area (Å²) in [6.07, 6.45) is 0. The molecule has 2 nitrogen and oxygen atoms in total. The lowest BCUT2D eigenvalue weighted by Gasteiger charge is -2.27. The molecule has 0 bridgehead atoms. The molecule has 0 saturated carbocycles. The Morgan fingerprint density at radius 2 is 0.931 bits per heavy atom. The number of fused-ring (bicyclic) bond motifs is 9. The van der Waals surface area contributed by atoms with Crippen molar-refractivity contribution < 1.29 is 0 Å². The second-order valence-electron chi connectivity index (χ2n) is 14.9. The number of para-hydroxylation sites is 2. The zero-order valence-electron chi connectivity index (χ0n) is 31.3. The molecule has 0 aliphatic carbocycles. The highest BCUT2D eigenvalue weighted by Gasteiger charge is 2.22. The molecule has 0 atom stereocenters. The Labute approximate surface area is 343 Å². The molecule has 0 fully saturated rings. The van der Waals surface area contributed by atoms with Crippen molar-refractivity contribution in [2.75, 3.05) is 4.90 Å². The third kappa shape index (κ3) is 5.23. The van der Waals surface area contributed by atoms with Crippen molar-refractivity contribution in [3.05, 3.63) is 206 Å². The normalized spacial score (nSPS) is 11.8. The molecule has 0 saturated heterocycles. The monoisotopic (exact) mass is 774 g/mol. The molecule has 58 heavy (non-hydrogen) atoms. The summed E-state index contributed by atoms with van der Waals surface area (Å²) >= 11 is 3.75. The van der Waals surface area contributed by atoms with Crippen LogP contribution >= 0.6 is 22.7 Å². The van der Waals surface area contributed by atoms with Crippen LogP contribution in [-0.2, 0) is 0 Å². The van der Waals surface area contributed by atoms with Crippen molar-refractivity contribution in [1.29, 1.82) is 0 Å². The first-order chi connectivity index (χ1) is 28.8. The number of hydrogen-bond donors (Lipinski definition) is 0. The van der Waals surface area contributed by atoms with Gasteiger partial charge in [0.2, 0.25) is 0 Å². The summed E-state index contributed by atoms with van der Waals surface area (Å²) in [5.74, 6) is 0. The topological polar surface area (TPSA) is 8.17 Å². The smallest absolute Gasteiger partial charge is 0.0555 e. The summed E-state index contributed by atoms with van der Waals surface area (Å²) in [7, 11) is 0. The highest BCUT2D eigenvalue weighted by atomic mass is 32.1. The number of nitrogens with zero attached hydrogens (tertiary/aromatic N) is 2. The minimum absolute atomic E-state index is 1.11. The molecule has 0 amide bonds. The van der Waals surface area contributed by atoms with Crippen LogP contribution in [0, 0.1) is 0 Å². The lowest BCUT2D eigenvalue weighted by Crippen LogP contribution is -2.10. The fourth-order valence-corrected chi connectivity index (χ4v) is 11.3. The number of hydrogen-bond acceptors (Lipinski definition) is 3. The Hall–Kier alpha value is -6.98. The second kappa shape index (κ2) is 13.3. The molecule has 0 N–H and O–H groups in total. The van der Waals surface area contributed by atoms with Gasteiger partial charge >= 0.3 is 0 Å². The number of anilines is 3. The summed E-state index contributed by atoms with van der Waals surface area (Å²) in [6, 6.07) is 75.6. The molecule has 4 heteroatoms. The Morgan fingerprint density at radius 1 is 0.362 bits per heavy atom. The van der Waals surface area contributed by atoms with E-state index in [1.165, 1.54) is 90.1 Å². The van der Waals surface area contributed by atoms with Crippen molar-refractivity contribution in [1.82, 2.24) is 4.57 Å². The summed E-state index contributed by atoms with van der Waals surface area (Å²) in [5, 5.41) is 7.64. The minimum atomic E-state index is 1.11. The van der Waals surface area contributed by atoms with Gasteiger partial charge in [-0.2, -0.15) is 0 Å². The predicted molar refractivity (Wildman–Crippen MR) is 252 cm³/mol. The molecule has 0 aliphatic rings. The highest BCUT2D eigenvalue weighted by Crippen LogP contribution is 2.49. The fraction of sp³-hybridized carbons (Fsp3) is 0. The third-order valence-electron chi connectivity index (χ3n) is 11.6. The third-order valence-corrected chi connectivity index (χ3v) is 14.0. The maximum atomic E-state index is 2.48. The van der Waals surface area contributed by atoms with Gasteiger partial charge in [-0.1, -0.05) is 127 Å². The number of thiophene rings is 2. The van der Waals surface area contributed by atoms with Crippen LogP contribution in [0.2, 0.25) is 0 Å². The van der Waals surface area contributed by atoms with Crippen LogP contribution in [0.5, 0.6) is 0 Å². The van der Waals surface area contributed by atoms with Crippen LogP contribution in [0.3, 0.4) is 0 Å². The largest absolute Gasteiger partial charge is 0.310 e. The van der Waals surface area contributed by atoms with Gasteiger partial charge < -0.3 is 9.47 Å². The van der Waals surface area contributed by atoms with Crippen LogP contribution in [0.4, 0.5) is 17.1 Å². The van der Waals surface area contributed by atoms with Gasteiger partial charge in [-0.15, -0.1) is 22.7 Å². The van der Waals surface area contributed by atoms with Crippen molar-refractivity contribution in [3.63, 3.8) is 0 Å². The number of rotatable bonds is 6. The van der Waals surface area contributed by atoms with E-state index in [1.54, 1.807) is 0 Å². The minimum Gasteiger partial charge on any atom is -0.310 e. The molecule has 0 aliphatic heterocycles. The lowest BCUT2D eigenvalue weighted by atomic mass is 10.00. The Balaban J connectivity index is 1.10. The van der Waals surface area contributed by atoms with Gasteiger partial charge in [-0.05, 0) is 101 Å². The molecular weight excluding hydrogens is 741 g/mol. The van der Waals surface area contributed by atoms with E-state index in [9.17, 15) is 0 Å². The molecule has 12 aromatic rings. The summed E-state index contributed by atoms with van der Waals surface area (Å²) < 4.78 is 7.57. The second-order valence-corrected chi connectivity index (χ2v) is 17.0. The zero-order chi connectivity index (χ0) is 38.2. The predicted octanol–water partition coefficient (Wildman–Crippen LogP) is 16.3. The van der Waals surface area contributed by atoms with Gasteiger partial charge in [0, 0.05) is 68.2 Å². The van der Waals surface area contributed by atoms with Crippen LogP contribution in [0.25, 0.3) is 90.1 Å². The standard InChI is InChI=1S/C54H34N2S2/c1-3-13-35(14-4-1)37-23-31-51-45(33-37)46-34-40(28-32-52(46)57-51)55(38-24-26-39(27-25-38)56-47-20-10-7-17-42(47)43-18-8-11-21-48(43)56)49-30-29-41(36-15-5-2-6-16-36)54-53(49)44-19-9-12-22-50(44)58-54/h1-34H. The average Bonchev–Trinajstić information content (AvgIpc) is 3.97. The van der Waals surface area contributed by atoms with Crippen LogP contribution in [0.1, 0.15) is 0 Å². The summed E-state index contributed by atoms with van der Waals surface area (Å²) in [5.41, 5.74) is 11.9. The van der Waals surface area contributed by atoms with Crippen molar-refractivity contribution >= 4 is 102 Å². The van der Waals surface area contributed by atoms with Crippen molar-refractivity contribution in [3.8, 4) is 27.9 Å². The van der Waals surface area contributed by atoms with Crippen LogP contribution in [-0.4, -0.2) is 4.57 Å². The molecule has 3 heterocycles. The van der Waals surface area contributed by atoms with E-state index in [0.717, 1.165) is 17.1 Å². The van der Waals surface area contributed by atoms with E-state index in [-0.39, 0.29) is 0 Å². The van der Waals surface area contributed by atoms with Gasteiger partial charge in [-0.25, -0.2) is 0 Å². The Bertz CT molecular complexity index is 3450. The van der Waals surface area contributed by atoms with E-state index in [0.29, 0.717) is 0 Å². The molecule has 272 valence electrons. The van der Waals surface area contributed by atoms with E-state index >= 15 is 0 Å². The van der Waals surface area contributed by atoms with E-state index in [1.807, 2.05) is 22.7 Å². The lowest BCUT2D eigenvalue weighted by molar-refractivity contribution is 1.17. The number of benzene rings is 9. The van der Waals surface area contributed by atoms with E-state index in [4.69, 9.17) is 0 Å². The van der Waals surface area contributed by atoms with Gasteiger partial charge in [0.25, 0.3) is 0 Å². The first-order valence-corrected chi connectivity index (χ1v) is 21.3. The average molecular weight is 775 g/mol. The molecular formula is C54H34N2S2. The molecule has 0 unspecified atom stereocenters. The number of aromatic nitrogens is 1. The molecule has 0 spiro atoms. The fourth-order valence-electron chi connectivity index (χ4n) is 8.94. The van der Waals surface area contributed by atoms with Gasteiger partial charge in [0.15, 0.2) is 0 Å². The quantitative estimate of drug-likeness (QED) is 0.163. The first kappa shape index (κ1) is 33.2. The Kier molecular flexibility index (Phi) is 7.62. The SMILES string of the molecule is c1ccc(-c2ccc3sc4ccc(N(c5ccc(-n6c7ccccc7c7ccccc76)cc5)c5ccc(-c6ccccc6)c6sc7ccccc7c56)cc4c3c2)cc1. The van der Waals surface area contributed by atoms with Gasteiger partial charge in [-0.3, -0.25) is 0 Å². The van der Waals surface area contributed by atoms with Crippen molar-refractivity contribution in [2.45, 2.75) is 0 Å². The molecule has 12 rings (SSSR count). The Morgan fingerprint density at radius 3 is 1.66 bits per heavy atom. The molecule has 0 radical (unpaired) electrons. The summed E-state index contributed by atoms with van der Waals surface area (Å²) in [6.45, 7) is 0. The van der Waals surface area contributed by atoms with E-state index in [2.05, 4.69) is 216 Å². The molecule has 9 aromatic carbocycles. The van der Waals surface area contributed by atoms with Crippen LogP contribution in [0.15, 0.2) is 206 Å². The highest BCUT2D eigenvalue weighted by molar-refractivity contribution is 7.26. The van der Waals surface area contributed by atoms with Crippen LogP contribution < -0.4 is 4.90 Å². The van der Waals surface area contributed by atoms with E-state index < -0.39 is 0 Å². The first-order valence-electron chi connectivity index (χ1n) is 19.7. The molecule has 3 aromatic heterocycles. The maximum Gasteiger partial charge on any atom is 0.0555 e.